The van der Waals surface area contributed by atoms with Crippen LogP contribution in [-0.2, 0) is 55.8 Å². The van der Waals surface area contributed by atoms with Crippen LogP contribution in [0.4, 0.5) is 0 Å². The molecule has 0 rings (SSSR count). The summed E-state index contributed by atoms with van der Waals surface area (Å²) in [6.07, 6.45) is 66.4. The lowest BCUT2D eigenvalue weighted by Gasteiger charge is -2.21. The van der Waals surface area contributed by atoms with Crippen LogP contribution in [0.25, 0.3) is 0 Å². The van der Waals surface area contributed by atoms with Gasteiger partial charge < -0.3 is 34.2 Å². The first kappa shape index (κ1) is 83.7. The molecule has 18 heteroatoms. The van der Waals surface area contributed by atoms with Crippen molar-refractivity contribution in [2.45, 2.75) is 296 Å². The predicted octanol–water partition coefficient (Wildman–Crippen LogP) is 18.5. The Bertz CT molecular complexity index is 1930. The molecule has 87 heavy (non-hydrogen) atoms. The molecular weight excluding hydrogens is 1150 g/mol. The summed E-state index contributed by atoms with van der Waals surface area (Å²) in [5, 5.41) is 20.5. The average Bonchev–Trinajstić information content (AvgIpc) is 3.56. The number of hydrogen-bond donors (Lipinski definition) is 4. The van der Waals surface area contributed by atoms with Gasteiger partial charge in [-0.05, 0) is 96.3 Å². The molecule has 5 unspecified atom stereocenters. The van der Waals surface area contributed by atoms with Gasteiger partial charge in [0, 0.05) is 19.3 Å². The smallest absolute Gasteiger partial charge is 0.463 e. The fourth-order valence-electron chi connectivity index (χ4n) is 8.92. The molecule has 0 aromatic carbocycles. The molecule has 0 spiro atoms. The van der Waals surface area contributed by atoms with E-state index in [1.807, 2.05) is 0 Å². The molecular formula is C69H122O16P2. The average molecular weight is 1270 g/mol. The van der Waals surface area contributed by atoms with Crippen molar-refractivity contribution >= 4 is 33.6 Å². The SMILES string of the molecule is CC/C=C\C/C=C\C/C=C\C/C=C\C/C=C\C/C=C\CCCCCCCCC(=O)OCC(O)COP(=O)(O)OCC(O)COP(=O)(O)OCC(COC(=O)CCCCCCC/C=C\CCCCCCCC)OC(=O)CCCCCCCCCCCCC. The zero-order valence-corrected chi connectivity index (χ0v) is 56.2. The zero-order valence-electron chi connectivity index (χ0n) is 54.4. The van der Waals surface area contributed by atoms with Gasteiger partial charge in [0.25, 0.3) is 0 Å². The summed E-state index contributed by atoms with van der Waals surface area (Å²) < 4.78 is 60.8. The normalized spacial score (nSPS) is 14.8. The van der Waals surface area contributed by atoms with Gasteiger partial charge in [0.2, 0.25) is 0 Å². The van der Waals surface area contributed by atoms with E-state index in [9.17, 15) is 43.5 Å². The third kappa shape index (κ3) is 64.1. The number of ether oxygens (including phenoxy) is 3. The van der Waals surface area contributed by atoms with Gasteiger partial charge in [0.15, 0.2) is 6.10 Å². The second-order valence-electron chi connectivity index (χ2n) is 22.6. The first-order chi connectivity index (χ1) is 42.2. The van der Waals surface area contributed by atoms with Crippen molar-refractivity contribution in [3.63, 3.8) is 0 Å². The number of allylic oxidation sites excluding steroid dienone is 14. The van der Waals surface area contributed by atoms with Crippen molar-refractivity contribution in [2.24, 2.45) is 0 Å². The van der Waals surface area contributed by atoms with Gasteiger partial charge in [-0.25, -0.2) is 9.13 Å². The maximum absolute atomic E-state index is 12.8. The molecule has 4 N–H and O–H groups in total. The minimum Gasteiger partial charge on any atom is -0.463 e. The third-order valence-corrected chi connectivity index (χ3v) is 16.0. The number of phosphoric acid groups is 2. The minimum atomic E-state index is -4.92. The van der Waals surface area contributed by atoms with E-state index >= 15 is 0 Å². The van der Waals surface area contributed by atoms with Gasteiger partial charge in [-0.1, -0.05) is 247 Å². The fourth-order valence-corrected chi connectivity index (χ4v) is 10.5. The van der Waals surface area contributed by atoms with Gasteiger partial charge in [-0.15, -0.1) is 0 Å². The van der Waals surface area contributed by atoms with Crippen LogP contribution in [0.15, 0.2) is 85.1 Å². The summed E-state index contributed by atoms with van der Waals surface area (Å²) in [5.41, 5.74) is 0. The second kappa shape index (κ2) is 62.9. The van der Waals surface area contributed by atoms with E-state index in [1.165, 1.54) is 77.0 Å². The largest absolute Gasteiger partial charge is 0.472 e. The monoisotopic (exact) mass is 1270 g/mol. The molecule has 0 fully saturated rings. The molecule has 5 atom stereocenters. The van der Waals surface area contributed by atoms with E-state index < -0.39 is 91.5 Å². The molecule has 504 valence electrons. The van der Waals surface area contributed by atoms with Crippen molar-refractivity contribution in [2.75, 3.05) is 39.6 Å². The van der Waals surface area contributed by atoms with Gasteiger partial charge in [-0.2, -0.15) is 0 Å². The van der Waals surface area contributed by atoms with Gasteiger partial charge in [0.05, 0.1) is 26.4 Å². The van der Waals surface area contributed by atoms with Crippen LogP contribution >= 0.6 is 15.6 Å². The lowest BCUT2D eigenvalue weighted by Crippen LogP contribution is -2.30. The number of hydrogen-bond acceptors (Lipinski definition) is 14. The van der Waals surface area contributed by atoms with Crippen LogP contribution in [0.2, 0.25) is 0 Å². The fraction of sp³-hybridized carbons (Fsp3) is 0.754. The second-order valence-corrected chi connectivity index (χ2v) is 25.5. The van der Waals surface area contributed by atoms with Gasteiger partial charge in [0.1, 0.15) is 25.4 Å². The molecule has 0 aliphatic heterocycles. The lowest BCUT2D eigenvalue weighted by molar-refractivity contribution is -0.161. The van der Waals surface area contributed by atoms with Crippen LogP contribution in [0.3, 0.4) is 0 Å². The molecule has 0 aliphatic rings. The summed E-state index contributed by atoms with van der Waals surface area (Å²) in [6.45, 7) is 2.52. The Balaban J connectivity index is 4.52. The molecule has 0 aliphatic carbocycles. The summed E-state index contributed by atoms with van der Waals surface area (Å²) >= 11 is 0. The van der Waals surface area contributed by atoms with E-state index in [4.69, 9.17) is 32.3 Å². The van der Waals surface area contributed by atoms with E-state index in [0.717, 1.165) is 141 Å². The maximum Gasteiger partial charge on any atom is 0.472 e. The number of esters is 3. The summed E-state index contributed by atoms with van der Waals surface area (Å²) in [5.74, 6) is -1.59. The van der Waals surface area contributed by atoms with Crippen LogP contribution in [-0.4, -0.2) is 95.9 Å². The molecule has 0 saturated heterocycles. The minimum absolute atomic E-state index is 0.107. The van der Waals surface area contributed by atoms with Crippen LogP contribution in [0, 0.1) is 0 Å². The molecule has 0 heterocycles. The Morgan fingerprint density at radius 1 is 0.333 bits per heavy atom. The summed E-state index contributed by atoms with van der Waals surface area (Å²) in [6, 6.07) is 0. The predicted molar refractivity (Wildman–Crippen MR) is 353 cm³/mol. The molecule has 0 bridgehead atoms. The van der Waals surface area contributed by atoms with Crippen LogP contribution < -0.4 is 0 Å². The number of carbonyl (C=O) groups excluding carboxylic acids is 3. The highest BCUT2D eigenvalue weighted by molar-refractivity contribution is 7.47. The molecule has 0 saturated carbocycles. The summed E-state index contributed by atoms with van der Waals surface area (Å²) in [4.78, 5) is 58.2. The number of aliphatic hydroxyl groups excluding tert-OH is 2. The standard InChI is InChI=1S/C69H122O16P2/c1-4-7-10-13-16-19-22-24-26-27-28-29-30-31-32-33-34-35-37-39-41-43-46-49-52-55-67(72)79-58-64(70)59-81-86(75,76)82-60-65(71)61-83-87(77,78)84-63-66(85-69(74)57-54-51-48-45-40-21-18-15-12-9-6-3)62-80-68(73)56-53-50-47-44-42-38-36-25-23-20-17-14-11-8-5-2/h7,10,16,19,24-26,28-29,31-32,34-36,64-66,70-71H,4-6,8-9,11-15,17-18,20-23,27,30,33,37-63H2,1-3H3,(H,75,76)(H,77,78)/b10-7-,19-16-,26-24-,29-28-,32-31-,35-34-,36-25-. The van der Waals surface area contributed by atoms with Gasteiger partial charge in [-0.3, -0.25) is 32.5 Å². The molecule has 0 aromatic heterocycles. The van der Waals surface area contributed by atoms with Crippen molar-refractivity contribution < 1.29 is 75.8 Å². The number of phosphoric ester groups is 2. The van der Waals surface area contributed by atoms with Crippen molar-refractivity contribution in [1.82, 2.24) is 0 Å². The highest BCUT2D eigenvalue weighted by Gasteiger charge is 2.29. The van der Waals surface area contributed by atoms with E-state index in [-0.39, 0.29) is 19.3 Å². The van der Waals surface area contributed by atoms with Gasteiger partial charge >= 0.3 is 33.6 Å². The van der Waals surface area contributed by atoms with Crippen molar-refractivity contribution in [3.8, 4) is 0 Å². The Morgan fingerprint density at radius 3 is 0.977 bits per heavy atom. The Kier molecular flexibility index (Phi) is 60.5. The van der Waals surface area contributed by atoms with Crippen LogP contribution in [0.1, 0.15) is 278 Å². The van der Waals surface area contributed by atoms with E-state index in [0.29, 0.717) is 19.3 Å². The van der Waals surface area contributed by atoms with E-state index in [2.05, 4.69) is 106 Å². The first-order valence-corrected chi connectivity index (χ1v) is 36.9. The van der Waals surface area contributed by atoms with Crippen molar-refractivity contribution in [3.05, 3.63) is 85.1 Å². The Morgan fingerprint density at radius 2 is 0.609 bits per heavy atom. The van der Waals surface area contributed by atoms with Crippen molar-refractivity contribution in [1.29, 1.82) is 0 Å². The third-order valence-electron chi connectivity index (χ3n) is 14.1. The quantitative estimate of drug-likeness (QED) is 0.0146. The topological polar surface area (TPSA) is 231 Å². The molecule has 0 radical (unpaired) electrons. The van der Waals surface area contributed by atoms with E-state index in [1.54, 1.807) is 0 Å². The highest BCUT2D eigenvalue weighted by Crippen LogP contribution is 2.45. The number of rotatable bonds is 64. The number of carbonyl (C=O) groups is 3. The highest BCUT2D eigenvalue weighted by atomic mass is 31.2. The Labute approximate surface area is 527 Å². The number of aliphatic hydroxyl groups is 2. The number of unbranched alkanes of at least 4 members (excludes halogenated alkanes) is 27. The molecule has 0 aromatic rings. The first-order valence-electron chi connectivity index (χ1n) is 33.9. The maximum atomic E-state index is 12.8. The molecule has 16 nitrogen and oxygen atoms in total. The van der Waals surface area contributed by atoms with Crippen LogP contribution in [0.5, 0.6) is 0 Å². The molecule has 0 amide bonds. The summed E-state index contributed by atoms with van der Waals surface area (Å²) in [7, 11) is -9.77. The zero-order chi connectivity index (χ0) is 63.8. The lowest BCUT2D eigenvalue weighted by atomic mass is 10.1. The Hall–Kier alpha value is -3.27.